The summed E-state index contributed by atoms with van der Waals surface area (Å²) in [7, 11) is 3.22. The maximum atomic E-state index is 10.9. The fraction of sp³-hybridized carbons (Fsp3) is 0.600. The Kier molecular flexibility index (Phi) is 3.85. The number of hydrogen-bond donors (Lipinski definition) is 1. The molecule has 5 nitrogen and oxygen atoms in total. The summed E-state index contributed by atoms with van der Waals surface area (Å²) in [5.74, 6) is -0.232. The summed E-state index contributed by atoms with van der Waals surface area (Å²) in [6.07, 6.45) is 0.910. The van der Waals surface area contributed by atoms with Crippen molar-refractivity contribution in [2.24, 2.45) is 12.8 Å². The normalized spacial score (nSPS) is 12.5. The number of nitrogens with two attached hydrogens (primary N) is 1. The van der Waals surface area contributed by atoms with Gasteiger partial charge in [-0.2, -0.15) is 5.10 Å². The molecule has 0 aromatic carbocycles. The third kappa shape index (κ3) is 3.06. The molecule has 1 aromatic rings. The molecule has 0 saturated heterocycles. The van der Waals surface area contributed by atoms with Crippen LogP contribution in [0.2, 0.25) is 0 Å². The molecule has 1 aromatic heterocycles. The molecule has 0 aliphatic rings. The van der Waals surface area contributed by atoms with Gasteiger partial charge in [0.25, 0.3) is 0 Å². The van der Waals surface area contributed by atoms with Crippen LogP contribution in [0.15, 0.2) is 6.07 Å². The van der Waals surface area contributed by atoms with Crippen LogP contribution in [0.3, 0.4) is 0 Å². The van der Waals surface area contributed by atoms with E-state index in [1.54, 1.807) is 4.68 Å². The smallest absolute Gasteiger partial charge is 0.305 e. The predicted molar refractivity (Wildman–Crippen MR) is 56.1 cm³/mol. The molecule has 1 atom stereocenters. The Hall–Kier alpha value is -1.36. The summed E-state index contributed by atoms with van der Waals surface area (Å²) < 4.78 is 6.30. The van der Waals surface area contributed by atoms with E-state index in [0.29, 0.717) is 12.8 Å². The second-order valence-corrected chi connectivity index (χ2v) is 3.56. The van der Waals surface area contributed by atoms with Gasteiger partial charge < -0.3 is 10.5 Å². The van der Waals surface area contributed by atoms with Crippen molar-refractivity contribution in [1.29, 1.82) is 0 Å². The van der Waals surface area contributed by atoms with Crippen molar-refractivity contribution in [2.75, 3.05) is 7.11 Å². The molecule has 0 radical (unpaired) electrons. The minimum Gasteiger partial charge on any atom is -0.469 e. The number of nitrogens with zero attached hydrogens (tertiary/aromatic N) is 2. The molecule has 0 saturated carbocycles. The minimum atomic E-state index is -0.232. The van der Waals surface area contributed by atoms with E-state index in [9.17, 15) is 4.79 Å². The highest BCUT2D eigenvalue weighted by Gasteiger charge is 2.13. The Balaban J connectivity index is 2.57. The van der Waals surface area contributed by atoms with Crippen LogP contribution in [-0.2, 0) is 16.6 Å². The van der Waals surface area contributed by atoms with Gasteiger partial charge in [-0.25, -0.2) is 0 Å². The number of esters is 1. The monoisotopic (exact) mass is 211 g/mol. The van der Waals surface area contributed by atoms with Crippen molar-refractivity contribution in [3.8, 4) is 0 Å². The van der Waals surface area contributed by atoms with Gasteiger partial charge in [0.15, 0.2) is 0 Å². The molecule has 84 valence electrons. The van der Waals surface area contributed by atoms with E-state index in [0.717, 1.165) is 11.4 Å². The van der Waals surface area contributed by atoms with E-state index in [1.807, 2.05) is 20.0 Å². The van der Waals surface area contributed by atoms with E-state index in [2.05, 4.69) is 9.84 Å². The number of aromatic nitrogens is 2. The van der Waals surface area contributed by atoms with Crippen molar-refractivity contribution in [3.05, 3.63) is 17.5 Å². The molecule has 1 rings (SSSR count). The highest BCUT2D eigenvalue weighted by atomic mass is 16.5. The average molecular weight is 211 g/mol. The van der Waals surface area contributed by atoms with Crippen LogP contribution in [0.25, 0.3) is 0 Å². The zero-order chi connectivity index (χ0) is 11.4. The fourth-order valence-electron chi connectivity index (χ4n) is 1.50. The highest BCUT2D eigenvalue weighted by Crippen LogP contribution is 2.16. The van der Waals surface area contributed by atoms with Gasteiger partial charge in [-0.1, -0.05) is 0 Å². The van der Waals surface area contributed by atoms with Gasteiger partial charge in [0.1, 0.15) is 0 Å². The summed E-state index contributed by atoms with van der Waals surface area (Å²) >= 11 is 0. The molecule has 0 amide bonds. The molecule has 0 spiro atoms. The van der Waals surface area contributed by atoms with Gasteiger partial charge in [-0.05, 0) is 19.4 Å². The maximum Gasteiger partial charge on any atom is 0.305 e. The number of ether oxygens (including phenoxy) is 1. The Morgan fingerprint density at radius 2 is 2.40 bits per heavy atom. The van der Waals surface area contributed by atoms with Gasteiger partial charge in [0, 0.05) is 19.5 Å². The number of carbonyl (C=O) groups is 1. The topological polar surface area (TPSA) is 70.1 Å². The quantitative estimate of drug-likeness (QED) is 0.743. The van der Waals surface area contributed by atoms with Crippen LogP contribution in [0.5, 0.6) is 0 Å². The van der Waals surface area contributed by atoms with Crippen LogP contribution in [0.1, 0.15) is 30.3 Å². The Morgan fingerprint density at radius 3 is 2.87 bits per heavy atom. The van der Waals surface area contributed by atoms with E-state index >= 15 is 0 Å². The third-order valence-corrected chi connectivity index (χ3v) is 2.31. The molecule has 0 fully saturated rings. The Morgan fingerprint density at radius 1 is 1.73 bits per heavy atom. The molecule has 0 aliphatic carbocycles. The summed E-state index contributed by atoms with van der Waals surface area (Å²) in [4.78, 5) is 10.9. The first-order valence-electron chi connectivity index (χ1n) is 4.87. The van der Waals surface area contributed by atoms with Gasteiger partial charge in [0.2, 0.25) is 0 Å². The minimum absolute atomic E-state index is 0.171. The molecule has 5 heteroatoms. The standard InChI is InChI=1S/C10H17N3O2/c1-7-6-9(13(2)12-7)8(11)4-5-10(14)15-3/h6,8H,4-5,11H2,1-3H3. The van der Waals surface area contributed by atoms with Crippen molar-refractivity contribution in [1.82, 2.24) is 9.78 Å². The van der Waals surface area contributed by atoms with Crippen molar-refractivity contribution in [3.63, 3.8) is 0 Å². The van der Waals surface area contributed by atoms with Crippen LogP contribution >= 0.6 is 0 Å². The summed E-state index contributed by atoms with van der Waals surface area (Å²) in [6.45, 7) is 1.91. The molecule has 0 bridgehead atoms. The number of aryl methyl sites for hydroxylation is 2. The van der Waals surface area contributed by atoms with Gasteiger partial charge in [0.05, 0.1) is 18.5 Å². The third-order valence-electron chi connectivity index (χ3n) is 2.31. The molecule has 0 aliphatic heterocycles. The average Bonchev–Trinajstić information content (AvgIpc) is 2.53. The molecule has 2 N–H and O–H groups in total. The maximum absolute atomic E-state index is 10.9. The van der Waals surface area contributed by atoms with Crippen molar-refractivity contribution < 1.29 is 9.53 Å². The van der Waals surface area contributed by atoms with Crippen molar-refractivity contribution in [2.45, 2.75) is 25.8 Å². The first kappa shape index (κ1) is 11.7. The van der Waals surface area contributed by atoms with Crippen LogP contribution < -0.4 is 5.73 Å². The summed E-state index contributed by atoms with van der Waals surface area (Å²) in [5.41, 5.74) is 7.82. The summed E-state index contributed by atoms with van der Waals surface area (Å²) in [6, 6.07) is 1.76. The fourth-order valence-corrected chi connectivity index (χ4v) is 1.50. The van der Waals surface area contributed by atoms with Gasteiger partial charge >= 0.3 is 5.97 Å². The van der Waals surface area contributed by atoms with E-state index in [1.165, 1.54) is 7.11 Å². The van der Waals surface area contributed by atoms with Crippen molar-refractivity contribution >= 4 is 5.97 Å². The molecular weight excluding hydrogens is 194 g/mol. The van der Waals surface area contributed by atoms with Crippen LogP contribution in [-0.4, -0.2) is 22.9 Å². The lowest BCUT2D eigenvalue weighted by Gasteiger charge is -2.10. The van der Waals surface area contributed by atoms with Crippen LogP contribution in [0.4, 0.5) is 0 Å². The highest BCUT2D eigenvalue weighted by molar-refractivity contribution is 5.69. The second-order valence-electron chi connectivity index (χ2n) is 3.56. The number of hydrogen-bond acceptors (Lipinski definition) is 4. The Bertz CT molecular complexity index is 346. The van der Waals surface area contributed by atoms with Gasteiger partial charge in [-0.15, -0.1) is 0 Å². The second kappa shape index (κ2) is 4.93. The van der Waals surface area contributed by atoms with Gasteiger partial charge in [-0.3, -0.25) is 9.48 Å². The largest absolute Gasteiger partial charge is 0.469 e. The molecule has 15 heavy (non-hydrogen) atoms. The lowest BCUT2D eigenvalue weighted by atomic mass is 10.1. The van der Waals surface area contributed by atoms with Crippen LogP contribution in [0, 0.1) is 6.92 Å². The zero-order valence-electron chi connectivity index (χ0n) is 9.36. The zero-order valence-corrected chi connectivity index (χ0v) is 9.36. The number of methoxy groups -OCH3 is 1. The van der Waals surface area contributed by atoms with E-state index < -0.39 is 0 Å². The van der Waals surface area contributed by atoms with E-state index in [-0.39, 0.29) is 12.0 Å². The molecule has 1 heterocycles. The molecule has 1 unspecified atom stereocenters. The molecular formula is C10H17N3O2. The number of carbonyl (C=O) groups excluding carboxylic acids is 1. The lowest BCUT2D eigenvalue weighted by molar-refractivity contribution is -0.140. The predicted octanol–water partition coefficient (Wildman–Crippen LogP) is 0.682. The number of rotatable bonds is 4. The summed E-state index contributed by atoms with van der Waals surface area (Å²) in [5, 5.41) is 4.20. The lowest BCUT2D eigenvalue weighted by Crippen LogP contribution is -2.16. The van der Waals surface area contributed by atoms with E-state index in [4.69, 9.17) is 5.73 Å². The first-order chi connectivity index (χ1) is 7.04. The Labute approximate surface area is 89.2 Å². The first-order valence-corrected chi connectivity index (χ1v) is 4.87. The SMILES string of the molecule is COC(=O)CCC(N)c1cc(C)nn1C.